The van der Waals surface area contributed by atoms with Crippen molar-refractivity contribution in [3.63, 3.8) is 0 Å². The lowest BCUT2D eigenvalue weighted by Crippen LogP contribution is -2.28. The summed E-state index contributed by atoms with van der Waals surface area (Å²) in [6.45, 7) is 29.1. The highest BCUT2D eigenvalue weighted by Crippen LogP contribution is 2.07. The molecule has 0 aromatic carbocycles. The van der Waals surface area contributed by atoms with Crippen LogP contribution in [-0.4, -0.2) is 49.5 Å². The van der Waals surface area contributed by atoms with Crippen molar-refractivity contribution in [2.45, 2.75) is 140 Å². The van der Waals surface area contributed by atoms with E-state index in [1.807, 2.05) is 13.8 Å². The number of aliphatic hydroxyl groups is 1. The van der Waals surface area contributed by atoms with Gasteiger partial charge in [-0.25, -0.2) is 0 Å². The van der Waals surface area contributed by atoms with Crippen LogP contribution < -0.4 is 10.6 Å². The van der Waals surface area contributed by atoms with Crippen LogP contribution in [-0.2, 0) is 9.53 Å². The third-order valence-electron chi connectivity index (χ3n) is 5.42. The molecule has 0 aliphatic carbocycles. The zero-order chi connectivity index (χ0) is 28.5. The summed E-state index contributed by atoms with van der Waals surface area (Å²) in [7, 11) is 0. The van der Waals surface area contributed by atoms with Gasteiger partial charge in [0.1, 0.15) is 0 Å². The molecule has 0 aromatic heterocycles. The number of rotatable bonds is 18. The fraction of sp³-hybridized carbons (Fsp3) is 0.968. The summed E-state index contributed by atoms with van der Waals surface area (Å²) in [4.78, 5) is 11.1. The number of hydrogen-bond donors (Lipinski definition) is 3. The van der Waals surface area contributed by atoms with Gasteiger partial charge in [0, 0.05) is 25.1 Å². The van der Waals surface area contributed by atoms with E-state index in [1.165, 1.54) is 32.2 Å². The first-order valence-electron chi connectivity index (χ1n) is 15.0. The molecule has 0 aliphatic heterocycles. The Kier molecular flexibility index (Phi) is 30.3. The van der Waals surface area contributed by atoms with E-state index in [4.69, 9.17) is 4.74 Å². The number of ether oxygens (including phenoxy) is 1. The smallest absolute Gasteiger partial charge is 0.222 e. The second-order valence-corrected chi connectivity index (χ2v) is 12.5. The molecule has 0 saturated carbocycles. The second-order valence-electron chi connectivity index (χ2n) is 12.5. The van der Waals surface area contributed by atoms with E-state index in [0.29, 0.717) is 18.6 Å². The van der Waals surface area contributed by atoms with Crippen LogP contribution in [0.3, 0.4) is 0 Å². The lowest BCUT2D eigenvalue weighted by atomic mass is 10.1. The largest absolute Gasteiger partial charge is 0.391 e. The van der Waals surface area contributed by atoms with Crippen molar-refractivity contribution in [1.82, 2.24) is 10.6 Å². The number of hydrogen-bond acceptors (Lipinski definition) is 4. The minimum atomic E-state index is -0.283. The fourth-order valence-corrected chi connectivity index (χ4v) is 3.25. The maximum Gasteiger partial charge on any atom is 0.222 e. The highest BCUT2D eigenvalue weighted by atomic mass is 16.5. The standard InChI is InChI=1S/C12H26O2.C10H21NO.C9H21N/c1-10(2)6-5-7-14-9-12(13)8-11(3)4;1-8(2)6-5-7-11-10(12)9(3)4;1-8(2)6-5-7-10-9(3)4/h10-13H,5-9H2,1-4H3;8-9H,5-7H2,1-4H3,(H,11,12);8-10H,5-7H2,1-4H3. The lowest BCUT2D eigenvalue weighted by molar-refractivity contribution is -0.123. The maximum atomic E-state index is 11.1. The number of carbonyl (C=O) groups is 1. The summed E-state index contributed by atoms with van der Waals surface area (Å²) in [5.41, 5.74) is 0. The van der Waals surface area contributed by atoms with E-state index < -0.39 is 0 Å². The van der Waals surface area contributed by atoms with E-state index in [1.54, 1.807) is 0 Å². The van der Waals surface area contributed by atoms with Gasteiger partial charge in [-0.15, -0.1) is 0 Å². The topological polar surface area (TPSA) is 70.6 Å². The molecule has 3 N–H and O–H groups in total. The van der Waals surface area contributed by atoms with Gasteiger partial charge in [0.05, 0.1) is 12.7 Å². The Balaban J connectivity index is -0.000000460. The van der Waals surface area contributed by atoms with Crippen LogP contribution in [0.4, 0.5) is 0 Å². The Hall–Kier alpha value is -0.650. The van der Waals surface area contributed by atoms with Crippen LogP contribution in [0.1, 0.15) is 128 Å². The van der Waals surface area contributed by atoms with Gasteiger partial charge in [0.25, 0.3) is 0 Å². The SMILES string of the molecule is CC(C)CCCNC(=O)C(C)C.CC(C)CCCNC(C)C.CC(C)CCCOCC(O)CC(C)C. The van der Waals surface area contributed by atoms with Crippen molar-refractivity contribution in [3.8, 4) is 0 Å². The first kappa shape index (κ1) is 39.9. The van der Waals surface area contributed by atoms with Crippen molar-refractivity contribution in [1.29, 1.82) is 0 Å². The number of amides is 1. The summed E-state index contributed by atoms with van der Waals surface area (Å²) in [6, 6.07) is 0.646. The molecular weight excluding hydrogens is 448 g/mol. The minimum absolute atomic E-state index is 0.115. The molecule has 0 spiro atoms. The van der Waals surface area contributed by atoms with Crippen LogP contribution in [0.25, 0.3) is 0 Å². The molecule has 1 atom stereocenters. The van der Waals surface area contributed by atoms with Crippen LogP contribution in [0, 0.1) is 29.6 Å². The molecular formula is C31H68N2O3. The van der Waals surface area contributed by atoms with E-state index in [-0.39, 0.29) is 17.9 Å². The zero-order valence-corrected chi connectivity index (χ0v) is 26.6. The van der Waals surface area contributed by atoms with Crippen LogP contribution in [0.2, 0.25) is 0 Å². The first-order chi connectivity index (χ1) is 16.7. The Bertz CT molecular complexity index is 439. The third-order valence-corrected chi connectivity index (χ3v) is 5.42. The van der Waals surface area contributed by atoms with E-state index in [2.05, 4.69) is 79.9 Å². The molecule has 0 rings (SSSR count). The van der Waals surface area contributed by atoms with Gasteiger partial charge in [0.2, 0.25) is 5.91 Å². The van der Waals surface area contributed by atoms with Gasteiger partial charge in [-0.1, -0.05) is 83.1 Å². The molecule has 0 radical (unpaired) electrons. The highest BCUT2D eigenvalue weighted by molar-refractivity contribution is 5.77. The summed E-state index contributed by atoms with van der Waals surface area (Å²) < 4.78 is 5.40. The average molecular weight is 517 g/mol. The number of aliphatic hydroxyl groups excluding tert-OH is 1. The maximum absolute atomic E-state index is 11.1. The molecule has 0 bridgehead atoms. The van der Waals surface area contributed by atoms with E-state index in [0.717, 1.165) is 50.2 Å². The number of carbonyl (C=O) groups excluding carboxylic acids is 1. The van der Waals surface area contributed by atoms with Crippen molar-refractivity contribution in [3.05, 3.63) is 0 Å². The van der Waals surface area contributed by atoms with Crippen molar-refractivity contribution >= 4 is 5.91 Å². The van der Waals surface area contributed by atoms with Crippen LogP contribution in [0.5, 0.6) is 0 Å². The number of nitrogens with one attached hydrogen (secondary N) is 2. The third kappa shape index (κ3) is 40.5. The molecule has 0 heterocycles. The van der Waals surface area contributed by atoms with E-state index in [9.17, 15) is 9.90 Å². The van der Waals surface area contributed by atoms with Crippen LogP contribution >= 0.6 is 0 Å². The summed E-state index contributed by atoms with van der Waals surface area (Å²) in [5, 5.41) is 15.8. The van der Waals surface area contributed by atoms with Gasteiger partial charge in [-0.2, -0.15) is 0 Å². The normalized spacial score (nSPS) is 12.2. The van der Waals surface area contributed by atoms with Gasteiger partial charge in [-0.05, 0) is 75.2 Å². The van der Waals surface area contributed by atoms with Crippen molar-refractivity contribution < 1.29 is 14.6 Å². The summed E-state index contributed by atoms with van der Waals surface area (Å²) in [5.74, 6) is 3.17. The predicted octanol–water partition coefficient (Wildman–Crippen LogP) is 7.46. The average Bonchev–Trinajstić information content (AvgIpc) is 2.73. The molecule has 0 fully saturated rings. The Labute approximate surface area is 227 Å². The summed E-state index contributed by atoms with van der Waals surface area (Å²) >= 11 is 0. The minimum Gasteiger partial charge on any atom is -0.391 e. The van der Waals surface area contributed by atoms with Gasteiger partial charge in [0.15, 0.2) is 0 Å². The quantitative estimate of drug-likeness (QED) is 0.165. The molecule has 0 aromatic rings. The lowest BCUT2D eigenvalue weighted by Gasteiger charge is -2.13. The molecule has 1 unspecified atom stereocenters. The molecule has 0 aliphatic rings. The zero-order valence-electron chi connectivity index (χ0n) is 26.6. The Morgan fingerprint density at radius 3 is 1.58 bits per heavy atom. The molecule has 36 heavy (non-hydrogen) atoms. The molecule has 1 amide bonds. The second kappa shape index (κ2) is 27.4. The summed E-state index contributed by atoms with van der Waals surface area (Å²) in [6.07, 6.45) is 7.81. The van der Waals surface area contributed by atoms with Gasteiger partial charge >= 0.3 is 0 Å². The predicted molar refractivity (Wildman–Crippen MR) is 159 cm³/mol. The Morgan fingerprint density at radius 1 is 0.694 bits per heavy atom. The van der Waals surface area contributed by atoms with Crippen molar-refractivity contribution in [2.75, 3.05) is 26.3 Å². The monoisotopic (exact) mass is 517 g/mol. The highest BCUT2D eigenvalue weighted by Gasteiger charge is 2.07. The van der Waals surface area contributed by atoms with Gasteiger partial charge < -0.3 is 20.5 Å². The first-order valence-corrected chi connectivity index (χ1v) is 15.0. The Morgan fingerprint density at radius 2 is 1.17 bits per heavy atom. The molecule has 5 heteroatoms. The van der Waals surface area contributed by atoms with Gasteiger partial charge in [-0.3, -0.25) is 4.79 Å². The van der Waals surface area contributed by atoms with Crippen LogP contribution in [0.15, 0.2) is 0 Å². The molecule has 220 valence electrons. The van der Waals surface area contributed by atoms with E-state index >= 15 is 0 Å². The molecule has 5 nitrogen and oxygen atoms in total. The fourth-order valence-electron chi connectivity index (χ4n) is 3.25. The molecule has 0 saturated heterocycles. The van der Waals surface area contributed by atoms with Crippen molar-refractivity contribution in [2.24, 2.45) is 29.6 Å².